The third-order valence-electron chi connectivity index (χ3n) is 3.84. The number of rotatable bonds is 4. The molecule has 9 heteroatoms. The van der Waals surface area contributed by atoms with Crippen LogP contribution in [0.2, 0.25) is 5.02 Å². The first-order valence-corrected chi connectivity index (χ1v) is 9.18. The maximum absolute atomic E-state index is 13.2. The Balaban J connectivity index is 2.01. The first-order chi connectivity index (χ1) is 13.2. The van der Waals surface area contributed by atoms with Crippen molar-refractivity contribution in [1.82, 2.24) is 4.98 Å². The second-order valence-corrected chi connectivity index (χ2v) is 7.42. The molecule has 0 radical (unpaired) electrons. The number of alkyl halides is 3. The summed E-state index contributed by atoms with van der Waals surface area (Å²) in [6.07, 6.45) is -4.71. The van der Waals surface area contributed by atoms with Crippen molar-refractivity contribution < 1.29 is 22.7 Å². The number of nitrogens with zero attached hydrogens (tertiary/aromatic N) is 1. The lowest BCUT2D eigenvalue weighted by molar-refractivity contribution is -0.141. The number of benzene rings is 2. The number of thiazole rings is 1. The van der Waals surface area contributed by atoms with Crippen molar-refractivity contribution >= 4 is 34.5 Å². The van der Waals surface area contributed by atoms with E-state index in [0.717, 1.165) is 5.56 Å². The molecule has 1 N–H and O–H groups in total. The van der Waals surface area contributed by atoms with Crippen molar-refractivity contribution in [1.29, 1.82) is 0 Å². The van der Waals surface area contributed by atoms with E-state index in [2.05, 4.69) is 10.3 Å². The van der Waals surface area contributed by atoms with Gasteiger partial charge in [0.25, 0.3) is 5.91 Å². The molecule has 0 unspecified atom stereocenters. The highest BCUT2D eigenvalue weighted by atomic mass is 35.5. The Kier molecular flexibility index (Phi) is 5.62. The number of amides is 1. The van der Waals surface area contributed by atoms with E-state index in [1.807, 2.05) is 0 Å². The van der Waals surface area contributed by atoms with Crippen LogP contribution in [0.3, 0.4) is 0 Å². The summed E-state index contributed by atoms with van der Waals surface area (Å²) < 4.78 is 44.7. The molecular formula is C19H14ClF3N2O2S. The number of aryl methyl sites for hydroxylation is 1. The molecule has 0 aliphatic heterocycles. The molecule has 1 heterocycles. The van der Waals surface area contributed by atoms with E-state index in [1.54, 1.807) is 42.5 Å². The lowest BCUT2D eigenvalue weighted by atomic mass is 10.0. The molecular weight excluding hydrogens is 413 g/mol. The fourth-order valence-corrected chi connectivity index (χ4v) is 3.54. The molecule has 3 rings (SSSR count). The summed E-state index contributed by atoms with van der Waals surface area (Å²) in [5, 5.41) is 3.25. The first-order valence-electron chi connectivity index (χ1n) is 7.99. The van der Waals surface area contributed by atoms with E-state index in [-0.39, 0.29) is 5.01 Å². The molecule has 4 nitrogen and oxygen atoms in total. The summed E-state index contributed by atoms with van der Waals surface area (Å²) in [7, 11) is 1.49. The maximum Gasteiger partial charge on any atom is 0.435 e. The average Bonchev–Trinajstić information content (AvgIpc) is 3.05. The molecule has 0 fully saturated rings. The molecule has 0 saturated heterocycles. The number of anilines is 1. The predicted molar refractivity (Wildman–Crippen MR) is 103 cm³/mol. The van der Waals surface area contributed by atoms with Gasteiger partial charge < -0.3 is 10.1 Å². The van der Waals surface area contributed by atoms with E-state index in [1.165, 1.54) is 14.0 Å². The molecule has 146 valence electrons. The van der Waals surface area contributed by atoms with E-state index in [4.69, 9.17) is 16.3 Å². The Morgan fingerprint density at radius 1 is 1.18 bits per heavy atom. The molecule has 0 atom stereocenters. The van der Waals surface area contributed by atoms with Crippen LogP contribution < -0.4 is 10.1 Å². The SMILES string of the molecule is COc1ccc(NC(=O)c2sc(C)nc2C(F)(F)F)c(-c2ccc(Cl)cc2)c1. The molecule has 3 aromatic rings. The molecule has 1 amide bonds. The van der Waals surface area contributed by atoms with Gasteiger partial charge in [0.05, 0.1) is 12.1 Å². The van der Waals surface area contributed by atoms with Crippen LogP contribution in [0, 0.1) is 6.92 Å². The first kappa shape index (κ1) is 20.2. The zero-order valence-electron chi connectivity index (χ0n) is 14.7. The fraction of sp³-hybridized carbons (Fsp3) is 0.158. The molecule has 2 aromatic carbocycles. The summed E-state index contributed by atoms with van der Waals surface area (Å²) >= 11 is 6.61. The fourth-order valence-electron chi connectivity index (χ4n) is 2.58. The predicted octanol–water partition coefficient (Wildman–Crippen LogP) is 6.05. The number of hydrogen-bond acceptors (Lipinski definition) is 4. The second kappa shape index (κ2) is 7.81. The quantitative estimate of drug-likeness (QED) is 0.552. The molecule has 0 spiro atoms. The summed E-state index contributed by atoms with van der Waals surface area (Å²) in [5.41, 5.74) is 0.454. The number of aromatic nitrogens is 1. The molecule has 0 saturated carbocycles. The molecule has 0 aliphatic rings. The van der Waals surface area contributed by atoms with Gasteiger partial charge in [0.15, 0.2) is 5.69 Å². The van der Waals surface area contributed by atoms with Crippen LogP contribution in [-0.2, 0) is 6.18 Å². The van der Waals surface area contributed by atoms with E-state index >= 15 is 0 Å². The summed E-state index contributed by atoms with van der Waals surface area (Å²) in [5.74, 6) is -0.342. The van der Waals surface area contributed by atoms with Crippen molar-refractivity contribution in [3.8, 4) is 16.9 Å². The Hall–Kier alpha value is -2.58. The van der Waals surface area contributed by atoms with E-state index in [9.17, 15) is 18.0 Å². The van der Waals surface area contributed by atoms with Gasteiger partial charge in [0, 0.05) is 16.3 Å². The summed E-state index contributed by atoms with van der Waals surface area (Å²) in [4.78, 5) is 15.6. The smallest absolute Gasteiger partial charge is 0.435 e. The van der Waals surface area contributed by atoms with E-state index in [0.29, 0.717) is 33.4 Å². The van der Waals surface area contributed by atoms with Crippen LogP contribution >= 0.6 is 22.9 Å². The zero-order chi connectivity index (χ0) is 20.5. The Morgan fingerprint density at radius 2 is 1.86 bits per heavy atom. The lowest BCUT2D eigenvalue weighted by Crippen LogP contribution is -2.17. The highest BCUT2D eigenvalue weighted by Gasteiger charge is 2.39. The molecule has 28 heavy (non-hydrogen) atoms. The van der Waals surface area contributed by atoms with Crippen molar-refractivity contribution in [3.05, 3.63) is 63.1 Å². The number of nitrogens with one attached hydrogen (secondary N) is 1. The number of carbonyl (C=O) groups excluding carboxylic acids is 1. The van der Waals surface area contributed by atoms with Gasteiger partial charge in [-0.3, -0.25) is 4.79 Å². The monoisotopic (exact) mass is 426 g/mol. The van der Waals surface area contributed by atoms with Gasteiger partial charge in [-0.25, -0.2) is 4.98 Å². The summed E-state index contributed by atoms with van der Waals surface area (Å²) in [6, 6.07) is 11.7. The van der Waals surface area contributed by atoms with Crippen molar-refractivity contribution in [3.63, 3.8) is 0 Å². The topological polar surface area (TPSA) is 51.2 Å². The van der Waals surface area contributed by atoms with Crippen molar-refractivity contribution in [2.75, 3.05) is 12.4 Å². The number of carbonyl (C=O) groups is 1. The van der Waals surface area contributed by atoms with Gasteiger partial charge in [-0.05, 0) is 42.8 Å². The highest BCUT2D eigenvalue weighted by Crippen LogP contribution is 2.36. The normalized spacial score (nSPS) is 11.4. The Bertz CT molecular complexity index is 1020. The van der Waals surface area contributed by atoms with E-state index < -0.39 is 22.7 Å². The standard InChI is InChI=1S/C19H14ClF3N2O2S/c1-10-24-17(19(21,22)23)16(28-10)18(26)25-15-8-7-13(27-2)9-14(15)11-3-5-12(20)6-4-11/h3-9H,1-2H3,(H,25,26). The zero-order valence-corrected chi connectivity index (χ0v) is 16.3. The summed E-state index contributed by atoms with van der Waals surface area (Å²) in [6.45, 7) is 1.42. The largest absolute Gasteiger partial charge is 0.497 e. The Morgan fingerprint density at radius 3 is 2.46 bits per heavy atom. The minimum absolute atomic E-state index is 0.158. The number of methoxy groups -OCH3 is 1. The third kappa shape index (κ3) is 4.28. The van der Waals surface area contributed by atoms with Crippen molar-refractivity contribution in [2.45, 2.75) is 13.1 Å². The van der Waals surface area contributed by atoms with Gasteiger partial charge in [0.1, 0.15) is 10.6 Å². The van der Waals surface area contributed by atoms with Gasteiger partial charge in [-0.2, -0.15) is 13.2 Å². The Labute approximate surface area is 167 Å². The van der Waals surface area contributed by atoms with Crippen LogP contribution in [0.15, 0.2) is 42.5 Å². The minimum atomic E-state index is -4.71. The molecule has 0 aliphatic carbocycles. The average molecular weight is 427 g/mol. The van der Waals surface area contributed by atoms with Crippen LogP contribution in [0.5, 0.6) is 5.75 Å². The minimum Gasteiger partial charge on any atom is -0.497 e. The van der Waals surface area contributed by atoms with Gasteiger partial charge >= 0.3 is 6.18 Å². The third-order valence-corrected chi connectivity index (χ3v) is 5.06. The molecule has 1 aromatic heterocycles. The second-order valence-electron chi connectivity index (χ2n) is 5.78. The van der Waals surface area contributed by atoms with Crippen LogP contribution in [0.25, 0.3) is 11.1 Å². The van der Waals surface area contributed by atoms with Gasteiger partial charge in [-0.1, -0.05) is 23.7 Å². The van der Waals surface area contributed by atoms with Gasteiger partial charge in [-0.15, -0.1) is 11.3 Å². The van der Waals surface area contributed by atoms with Crippen LogP contribution in [-0.4, -0.2) is 18.0 Å². The van der Waals surface area contributed by atoms with Crippen LogP contribution in [0.1, 0.15) is 20.4 Å². The number of halogens is 4. The number of hydrogen-bond donors (Lipinski definition) is 1. The van der Waals surface area contributed by atoms with Crippen molar-refractivity contribution in [2.24, 2.45) is 0 Å². The number of ether oxygens (including phenoxy) is 1. The van der Waals surface area contributed by atoms with Gasteiger partial charge in [0.2, 0.25) is 0 Å². The lowest BCUT2D eigenvalue weighted by Gasteiger charge is -2.13. The van der Waals surface area contributed by atoms with Crippen LogP contribution in [0.4, 0.5) is 18.9 Å². The highest BCUT2D eigenvalue weighted by molar-refractivity contribution is 7.13. The molecule has 0 bridgehead atoms. The maximum atomic E-state index is 13.2.